The summed E-state index contributed by atoms with van der Waals surface area (Å²) in [6.07, 6.45) is 0.863. The molecule has 0 aliphatic carbocycles. The van der Waals surface area contributed by atoms with Crippen molar-refractivity contribution in [3.63, 3.8) is 0 Å². The van der Waals surface area contributed by atoms with Crippen LogP contribution in [0, 0.1) is 9.77 Å². The molecule has 0 bridgehead atoms. The Labute approximate surface area is 148 Å². The van der Waals surface area contributed by atoms with Gasteiger partial charge in [-0.2, -0.15) is 0 Å². The van der Waals surface area contributed by atoms with Crippen LogP contribution < -0.4 is 5.32 Å². The van der Waals surface area contributed by atoms with Crippen LogP contribution in [0.3, 0.4) is 0 Å². The molecule has 0 fully saturated rings. The van der Waals surface area contributed by atoms with E-state index in [1.54, 1.807) is 16.8 Å². The summed E-state index contributed by atoms with van der Waals surface area (Å²) in [6, 6.07) is 5.97. The highest BCUT2D eigenvalue weighted by atomic mass is 32.2. The highest BCUT2D eigenvalue weighted by Gasteiger charge is 2.18. The largest absolute Gasteiger partial charge is 0.351 e. The summed E-state index contributed by atoms with van der Waals surface area (Å²) in [4.78, 5) is 12.0. The Hall–Kier alpha value is -1.25. The molecule has 8 heteroatoms. The Balaban J connectivity index is 2.03. The summed E-state index contributed by atoms with van der Waals surface area (Å²) in [5.74, 6) is -0.0496. The number of benzene rings is 1. The minimum atomic E-state index is -0.305. The fraction of sp³-hybridized carbons (Fsp3) is 0.400. The number of nitrogens with zero attached hydrogens (tertiary/aromatic N) is 2. The van der Waals surface area contributed by atoms with E-state index in [2.05, 4.69) is 10.4 Å². The van der Waals surface area contributed by atoms with Gasteiger partial charge in [-0.25, -0.2) is 9.07 Å². The minimum Gasteiger partial charge on any atom is -0.351 e. The number of hydrogen-bond donors (Lipinski definition) is 1. The van der Waals surface area contributed by atoms with Gasteiger partial charge in [-0.1, -0.05) is 30.0 Å². The lowest BCUT2D eigenvalue weighted by Crippen LogP contribution is -2.43. The van der Waals surface area contributed by atoms with Crippen molar-refractivity contribution < 1.29 is 9.18 Å². The van der Waals surface area contributed by atoms with Crippen LogP contribution in [0.4, 0.5) is 4.39 Å². The molecule has 1 heterocycles. The van der Waals surface area contributed by atoms with E-state index in [0.717, 1.165) is 6.42 Å². The summed E-state index contributed by atoms with van der Waals surface area (Å²) >= 11 is 7.97. The molecule has 1 N–H and O–H groups in total. The topological polar surface area (TPSA) is 46.9 Å². The molecule has 2 aromatic rings. The van der Waals surface area contributed by atoms with Gasteiger partial charge in [0.15, 0.2) is 8.29 Å². The summed E-state index contributed by atoms with van der Waals surface area (Å²) < 4.78 is 15.8. The average molecular weight is 372 g/mol. The third-order valence-electron chi connectivity index (χ3n) is 3.29. The van der Waals surface area contributed by atoms with Crippen molar-refractivity contribution in [3.8, 4) is 5.69 Å². The molecule has 2 rings (SSSR count). The molecule has 0 unspecified atom stereocenters. The van der Waals surface area contributed by atoms with Crippen molar-refractivity contribution in [1.82, 2.24) is 15.1 Å². The first-order chi connectivity index (χ1) is 10.8. The Morgan fingerprint density at radius 3 is 2.70 bits per heavy atom. The van der Waals surface area contributed by atoms with E-state index in [1.807, 2.05) is 20.8 Å². The lowest BCUT2D eigenvalue weighted by atomic mass is 10.0. The van der Waals surface area contributed by atoms with Gasteiger partial charge >= 0.3 is 0 Å². The predicted molar refractivity (Wildman–Crippen MR) is 95.5 cm³/mol. The van der Waals surface area contributed by atoms with E-state index in [1.165, 1.54) is 35.2 Å². The first-order valence-electron chi connectivity index (χ1n) is 7.10. The Morgan fingerprint density at radius 2 is 2.09 bits per heavy atom. The molecule has 0 aliphatic rings. The number of carbonyl (C=O) groups is 1. The SMILES string of the molecule is CCC(C)(C)NC(=O)CSc1nn(-c2ccc(F)cc2)c(=S)s1. The summed E-state index contributed by atoms with van der Waals surface area (Å²) in [5, 5.41) is 7.37. The molecule has 1 amide bonds. The average Bonchev–Trinajstić information content (AvgIpc) is 2.87. The quantitative estimate of drug-likeness (QED) is 0.611. The van der Waals surface area contributed by atoms with Crippen LogP contribution in [0.5, 0.6) is 0 Å². The molecule has 0 radical (unpaired) electrons. The van der Waals surface area contributed by atoms with E-state index in [4.69, 9.17) is 12.2 Å². The molecular formula is C15H18FN3OS3. The third-order valence-corrected chi connectivity index (χ3v) is 5.65. The summed E-state index contributed by atoms with van der Waals surface area (Å²) in [7, 11) is 0. The van der Waals surface area contributed by atoms with Crippen LogP contribution in [0.1, 0.15) is 27.2 Å². The molecule has 23 heavy (non-hydrogen) atoms. The van der Waals surface area contributed by atoms with Crippen LogP contribution in [0.2, 0.25) is 0 Å². The maximum atomic E-state index is 13.0. The van der Waals surface area contributed by atoms with Gasteiger partial charge in [0, 0.05) is 5.54 Å². The first-order valence-corrected chi connectivity index (χ1v) is 9.32. The molecule has 0 saturated heterocycles. The van der Waals surface area contributed by atoms with E-state index >= 15 is 0 Å². The van der Waals surface area contributed by atoms with Crippen molar-refractivity contribution in [1.29, 1.82) is 0 Å². The van der Waals surface area contributed by atoms with Gasteiger partial charge in [-0.15, -0.1) is 5.10 Å². The maximum absolute atomic E-state index is 13.0. The summed E-state index contributed by atoms with van der Waals surface area (Å²) in [6.45, 7) is 6.01. The van der Waals surface area contributed by atoms with E-state index in [9.17, 15) is 9.18 Å². The van der Waals surface area contributed by atoms with Crippen molar-refractivity contribution in [3.05, 3.63) is 34.0 Å². The fourth-order valence-corrected chi connectivity index (χ4v) is 3.86. The second-order valence-corrected chi connectivity index (χ2v) is 8.44. The normalized spacial score (nSPS) is 11.5. The fourth-order valence-electron chi connectivity index (χ4n) is 1.69. The maximum Gasteiger partial charge on any atom is 0.230 e. The van der Waals surface area contributed by atoms with Crippen LogP contribution in [-0.4, -0.2) is 27.0 Å². The standard InChI is InChI=1S/C15H18FN3OS3/c1-4-15(2,3)17-12(20)9-22-13-18-19(14(21)23-13)11-7-5-10(16)6-8-11/h5-8H,4,9H2,1-3H3,(H,17,20). The van der Waals surface area contributed by atoms with Crippen LogP contribution in [-0.2, 0) is 4.79 Å². The zero-order chi connectivity index (χ0) is 17.0. The van der Waals surface area contributed by atoms with E-state index < -0.39 is 0 Å². The van der Waals surface area contributed by atoms with Crippen molar-refractivity contribution in [2.75, 3.05) is 5.75 Å². The van der Waals surface area contributed by atoms with Crippen LogP contribution in [0.15, 0.2) is 28.6 Å². The smallest absolute Gasteiger partial charge is 0.230 e. The molecular weight excluding hydrogens is 353 g/mol. The molecule has 0 spiro atoms. The molecule has 4 nitrogen and oxygen atoms in total. The molecule has 0 saturated carbocycles. The monoisotopic (exact) mass is 371 g/mol. The lowest BCUT2D eigenvalue weighted by molar-refractivity contribution is -0.120. The molecule has 1 aromatic carbocycles. The first kappa shape index (κ1) is 18.1. The predicted octanol–water partition coefficient (Wildman–Crippen LogP) is 4.20. The second-order valence-electron chi connectivity index (χ2n) is 5.60. The molecule has 0 aliphatic heterocycles. The summed E-state index contributed by atoms with van der Waals surface area (Å²) in [5.41, 5.74) is 0.494. The van der Waals surface area contributed by atoms with Gasteiger partial charge in [0.2, 0.25) is 5.91 Å². The third kappa shape index (κ3) is 5.12. The highest BCUT2D eigenvalue weighted by molar-refractivity contribution is 8.01. The van der Waals surface area contributed by atoms with Crippen molar-refractivity contribution >= 4 is 41.2 Å². The second kappa shape index (κ2) is 7.55. The Morgan fingerprint density at radius 1 is 1.43 bits per heavy atom. The Kier molecular flexibility index (Phi) is 5.94. The van der Waals surface area contributed by atoms with Crippen molar-refractivity contribution in [2.24, 2.45) is 0 Å². The van der Waals surface area contributed by atoms with Gasteiger partial charge in [-0.3, -0.25) is 4.79 Å². The number of aromatic nitrogens is 2. The number of nitrogens with one attached hydrogen (secondary N) is 1. The number of carbonyl (C=O) groups excluding carboxylic acids is 1. The number of hydrogen-bond acceptors (Lipinski definition) is 5. The highest BCUT2D eigenvalue weighted by Crippen LogP contribution is 2.24. The Bertz CT molecular complexity index is 737. The molecule has 1 aromatic heterocycles. The van der Waals surface area contributed by atoms with Crippen molar-refractivity contribution in [2.45, 2.75) is 37.1 Å². The number of thioether (sulfide) groups is 1. The lowest BCUT2D eigenvalue weighted by Gasteiger charge is -2.24. The number of halogens is 1. The van der Waals surface area contributed by atoms with Gasteiger partial charge < -0.3 is 5.32 Å². The zero-order valence-electron chi connectivity index (χ0n) is 13.1. The van der Waals surface area contributed by atoms with Crippen LogP contribution >= 0.6 is 35.3 Å². The minimum absolute atomic E-state index is 0.0312. The number of rotatable bonds is 6. The van der Waals surface area contributed by atoms with Gasteiger partial charge in [0.25, 0.3) is 0 Å². The zero-order valence-corrected chi connectivity index (χ0v) is 15.6. The van der Waals surface area contributed by atoms with Gasteiger partial charge in [0.05, 0.1) is 11.4 Å². The molecule has 0 atom stereocenters. The van der Waals surface area contributed by atoms with Gasteiger partial charge in [0.1, 0.15) is 5.82 Å². The molecule has 124 valence electrons. The van der Waals surface area contributed by atoms with E-state index in [-0.39, 0.29) is 23.0 Å². The number of amides is 1. The van der Waals surface area contributed by atoms with Gasteiger partial charge in [-0.05, 0) is 56.8 Å². The van der Waals surface area contributed by atoms with E-state index in [0.29, 0.717) is 14.0 Å². The van der Waals surface area contributed by atoms with Crippen LogP contribution in [0.25, 0.3) is 5.69 Å².